The number of hydrogen-bond acceptors (Lipinski definition) is 6. The summed E-state index contributed by atoms with van der Waals surface area (Å²) in [5.41, 5.74) is -1.49. The Kier molecular flexibility index (Phi) is 6.29. The van der Waals surface area contributed by atoms with Gasteiger partial charge >= 0.3 is 5.97 Å². The highest BCUT2D eigenvalue weighted by Crippen LogP contribution is 2.57. The van der Waals surface area contributed by atoms with Gasteiger partial charge in [-0.2, -0.15) is 0 Å². The number of amides is 2. The van der Waals surface area contributed by atoms with E-state index < -0.39 is 41.1 Å². The third-order valence-electron chi connectivity index (χ3n) is 8.07. The van der Waals surface area contributed by atoms with Crippen molar-refractivity contribution in [2.75, 3.05) is 19.8 Å². The molecule has 1 aromatic rings. The van der Waals surface area contributed by atoms with E-state index in [2.05, 4.69) is 0 Å². The Bertz CT molecular complexity index is 1100. The summed E-state index contributed by atoms with van der Waals surface area (Å²) in [4.78, 5) is 45.0. The highest BCUT2D eigenvalue weighted by atomic mass is 16.6. The summed E-state index contributed by atoms with van der Waals surface area (Å²) in [5, 5.41) is 10.3. The fraction of sp³-hybridized carbons (Fsp3) is 0.536. The number of aliphatic hydroxyl groups excluding tert-OH is 1. The molecule has 0 bridgehead atoms. The molecule has 1 N–H and O–H groups in total. The van der Waals surface area contributed by atoms with Crippen molar-refractivity contribution in [1.29, 1.82) is 0 Å². The minimum absolute atomic E-state index is 0.118. The monoisotopic (exact) mass is 494 g/mol. The number of rotatable bonds is 5. The van der Waals surface area contributed by atoms with Crippen molar-refractivity contribution >= 4 is 17.8 Å². The number of benzene rings is 1. The molecule has 6 atom stereocenters. The van der Waals surface area contributed by atoms with Crippen molar-refractivity contribution in [3.63, 3.8) is 0 Å². The van der Waals surface area contributed by atoms with E-state index >= 15 is 0 Å². The number of carbonyl (C=O) groups is 3. The van der Waals surface area contributed by atoms with Gasteiger partial charge < -0.3 is 24.4 Å². The molecule has 2 amide bonds. The fourth-order valence-electron chi connectivity index (χ4n) is 6.40. The van der Waals surface area contributed by atoms with Gasteiger partial charge in [0.25, 0.3) is 0 Å². The lowest BCUT2D eigenvalue weighted by molar-refractivity contribution is -0.162. The lowest BCUT2D eigenvalue weighted by atomic mass is 9.74. The Morgan fingerprint density at radius 1 is 1.06 bits per heavy atom. The zero-order valence-electron chi connectivity index (χ0n) is 21.0. The first kappa shape index (κ1) is 24.7. The molecule has 4 aliphatic rings. The lowest BCUT2D eigenvalue weighted by Gasteiger charge is -2.41. The van der Waals surface area contributed by atoms with E-state index in [4.69, 9.17) is 9.47 Å². The predicted octanol–water partition coefficient (Wildman–Crippen LogP) is 2.08. The number of aliphatic hydroxyl groups is 1. The van der Waals surface area contributed by atoms with Crippen LogP contribution in [-0.4, -0.2) is 75.7 Å². The number of esters is 1. The summed E-state index contributed by atoms with van der Waals surface area (Å²) in [6.45, 7) is 6.25. The fourth-order valence-corrected chi connectivity index (χ4v) is 6.40. The first-order valence-electron chi connectivity index (χ1n) is 12.7. The molecular weight excluding hydrogens is 460 g/mol. The maximum atomic E-state index is 14.3. The van der Waals surface area contributed by atoms with Gasteiger partial charge in [0, 0.05) is 13.1 Å². The van der Waals surface area contributed by atoms with Crippen LogP contribution >= 0.6 is 0 Å². The molecule has 1 spiro atoms. The molecular formula is C28H34N2O6. The van der Waals surface area contributed by atoms with Gasteiger partial charge in [0.1, 0.15) is 17.6 Å². The van der Waals surface area contributed by atoms with Gasteiger partial charge in [0.15, 0.2) is 0 Å². The zero-order valence-corrected chi connectivity index (χ0v) is 21.0. The highest BCUT2D eigenvalue weighted by molar-refractivity contribution is 5.99. The summed E-state index contributed by atoms with van der Waals surface area (Å²) in [6, 6.07) is 8.07. The molecule has 1 aromatic carbocycles. The van der Waals surface area contributed by atoms with Crippen LogP contribution in [0.25, 0.3) is 0 Å². The number of carbonyl (C=O) groups excluding carboxylic acids is 3. The number of fused-ring (bicyclic) bond motifs is 2. The second kappa shape index (κ2) is 9.16. The topological polar surface area (TPSA) is 96.4 Å². The number of hydrogen-bond donors (Lipinski definition) is 1. The van der Waals surface area contributed by atoms with Gasteiger partial charge in [0.2, 0.25) is 11.8 Å². The largest absolute Gasteiger partial charge is 0.465 e. The van der Waals surface area contributed by atoms with Gasteiger partial charge in [0.05, 0.1) is 30.8 Å². The average Bonchev–Trinajstić information content (AvgIpc) is 3.16. The molecule has 0 aliphatic carbocycles. The van der Waals surface area contributed by atoms with Crippen molar-refractivity contribution in [3.8, 4) is 0 Å². The van der Waals surface area contributed by atoms with Crippen LogP contribution in [-0.2, 0) is 30.4 Å². The molecule has 0 aromatic heterocycles. The van der Waals surface area contributed by atoms with Crippen LogP contribution in [0.4, 0.5) is 0 Å². The van der Waals surface area contributed by atoms with Crippen LogP contribution in [0.2, 0.25) is 0 Å². The van der Waals surface area contributed by atoms with Crippen molar-refractivity contribution in [3.05, 3.63) is 60.2 Å². The number of likely N-dealkylation sites (tertiary alicyclic amines) is 1. The van der Waals surface area contributed by atoms with Crippen molar-refractivity contribution in [1.82, 2.24) is 9.80 Å². The van der Waals surface area contributed by atoms with Gasteiger partial charge in [-0.05, 0) is 24.8 Å². The van der Waals surface area contributed by atoms with Crippen LogP contribution in [0.3, 0.4) is 0 Å². The zero-order chi connectivity index (χ0) is 25.7. The van der Waals surface area contributed by atoms with Crippen LogP contribution in [0.1, 0.15) is 32.8 Å². The molecule has 5 rings (SSSR count). The second-order valence-corrected chi connectivity index (χ2v) is 10.7. The smallest absolute Gasteiger partial charge is 0.313 e. The normalized spacial score (nSPS) is 34.6. The number of cyclic esters (lactones) is 1. The molecule has 0 radical (unpaired) electrons. The third-order valence-corrected chi connectivity index (χ3v) is 8.07. The molecule has 1 unspecified atom stereocenters. The van der Waals surface area contributed by atoms with Crippen LogP contribution in [0.5, 0.6) is 0 Å². The summed E-state index contributed by atoms with van der Waals surface area (Å²) < 4.78 is 12.2. The van der Waals surface area contributed by atoms with E-state index in [-0.39, 0.29) is 30.9 Å². The maximum absolute atomic E-state index is 14.3. The molecule has 4 aliphatic heterocycles. The number of ether oxygens (including phenoxy) is 2. The molecule has 36 heavy (non-hydrogen) atoms. The molecule has 0 saturated carbocycles. The maximum Gasteiger partial charge on any atom is 0.313 e. The summed E-state index contributed by atoms with van der Waals surface area (Å²) in [6.07, 6.45) is 7.98. The van der Waals surface area contributed by atoms with E-state index in [1.165, 1.54) is 4.90 Å². The van der Waals surface area contributed by atoms with Crippen LogP contribution in [0, 0.1) is 17.8 Å². The molecule has 2 fully saturated rings. The SMILES string of the molecule is CC(C)[C@H](CO)N1C(=O)[C@@H]2[C@@H]3C(=O)OCCC=C[C@]3(C)O[C@@]23C=CCN(Cc2ccccc2)C(=O)C13. The summed E-state index contributed by atoms with van der Waals surface area (Å²) in [7, 11) is 0. The van der Waals surface area contributed by atoms with Gasteiger partial charge in [-0.3, -0.25) is 14.4 Å². The van der Waals surface area contributed by atoms with Gasteiger partial charge in [-0.15, -0.1) is 0 Å². The van der Waals surface area contributed by atoms with Crippen LogP contribution < -0.4 is 0 Å². The van der Waals surface area contributed by atoms with Crippen molar-refractivity contribution in [2.45, 2.75) is 57.0 Å². The predicted molar refractivity (Wildman–Crippen MR) is 131 cm³/mol. The third kappa shape index (κ3) is 3.69. The molecule has 2 saturated heterocycles. The first-order valence-corrected chi connectivity index (χ1v) is 12.7. The quantitative estimate of drug-likeness (QED) is 0.497. The van der Waals surface area contributed by atoms with E-state index in [1.54, 1.807) is 11.8 Å². The van der Waals surface area contributed by atoms with Gasteiger partial charge in [-0.25, -0.2) is 0 Å². The molecule has 4 heterocycles. The van der Waals surface area contributed by atoms with E-state index in [1.807, 2.05) is 68.5 Å². The standard InChI is InChI=1S/C28H34N2O6/c1-18(2)20(17-31)30-23-25(33)29(16-19-10-5-4-6-11-19)14-9-13-28(23)21(24(30)32)22-26(34)35-15-8-7-12-27(22,3)36-28/h4-7,9-13,18,20-23,31H,8,14-17H2,1-3H3/t20-,21-,22+,23?,27-,28-/m0/s1. The Morgan fingerprint density at radius 3 is 2.50 bits per heavy atom. The molecule has 8 heteroatoms. The molecule has 8 nitrogen and oxygen atoms in total. The summed E-state index contributed by atoms with van der Waals surface area (Å²) >= 11 is 0. The van der Waals surface area contributed by atoms with Crippen molar-refractivity contribution < 1.29 is 29.0 Å². The first-order chi connectivity index (χ1) is 17.2. The molecule has 192 valence electrons. The Labute approximate surface area is 211 Å². The highest BCUT2D eigenvalue weighted by Gasteiger charge is 2.75. The number of nitrogens with zero attached hydrogens (tertiary/aromatic N) is 2. The Balaban J connectivity index is 1.64. The minimum atomic E-state index is -1.35. The Hall–Kier alpha value is -2.97. The lowest BCUT2D eigenvalue weighted by Crippen LogP contribution is -2.59. The Morgan fingerprint density at radius 2 is 1.81 bits per heavy atom. The van der Waals surface area contributed by atoms with E-state index in [0.717, 1.165) is 5.56 Å². The van der Waals surface area contributed by atoms with E-state index in [0.29, 0.717) is 19.5 Å². The van der Waals surface area contributed by atoms with Crippen molar-refractivity contribution in [2.24, 2.45) is 17.8 Å². The minimum Gasteiger partial charge on any atom is -0.465 e. The second-order valence-electron chi connectivity index (χ2n) is 10.7. The van der Waals surface area contributed by atoms with Gasteiger partial charge in [-0.1, -0.05) is 68.5 Å². The summed E-state index contributed by atoms with van der Waals surface area (Å²) in [5.74, 6) is -3.06. The van der Waals surface area contributed by atoms with Crippen LogP contribution in [0.15, 0.2) is 54.6 Å². The van der Waals surface area contributed by atoms with E-state index in [9.17, 15) is 19.5 Å². The average molecular weight is 495 g/mol.